The molecule has 0 radical (unpaired) electrons. The molecular weight excluding hydrogens is 342 g/mol. The van der Waals surface area contributed by atoms with Crippen LogP contribution in [0.25, 0.3) is 0 Å². The number of carboxylic acid groups (broad SMARTS) is 1. The fourth-order valence-electron chi connectivity index (χ4n) is 1.79. The summed E-state index contributed by atoms with van der Waals surface area (Å²) in [5.41, 5.74) is 0. The third kappa shape index (κ3) is 4.61. The molecule has 0 fully saturated rings. The lowest BCUT2D eigenvalue weighted by atomic mass is 10.3. The predicted molar refractivity (Wildman–Crippen MR) is 84.9 cm³/mol. The van der Waals surface area contributed by atoms with Gasteiger partial charge in [-0.15, -0.1) is 0 Å². The normalized spacial score (nSPS) is 11.0. The number of rotatable bonds is 6. The highest BCUT2D eigenvalue weighted by Crippen LogP contribution is 2.24. The highest BCUT2D eigenvalue weighted by atomic mass is 35.5. The van der Waals surface area contributed by atoms with E-state index in [9.17, 15) is 13.2 Å². The summed E-state index contributed by atoms with van der Waals surface area (Å²) in [4.78, 5) is 10.6. The third-order valence-electron chi connectivity index (χ3n) is 2.90. The van der Waals surface area contributed by atoms with E-state index in [0.717, 1.165) is 0 Å². The Morgan fingerprint density at radius 3 is 2.09 bits per heavy atom. The van der Waals surface area contributed by atoms with Crippen LogP contribution in [-0.2, 0) is 9.84 Å². The smallest absolute Gasteiger partial charge is 0.404 e. The zero-order valence-electron chi connectivity index (χ0n) is 11.9. The molecule has 2 rings (SSSR count). The Hall–Kier alpha value is -2.25. The van der Waals surface area contributed by atoms with E-state index in [-0.39, 0.29) is 22.9 Å². The minimum Gasteiger partial charge on any atom is -0.492 e. The van der Waals surface area contributed by atoms with Gasteiger partial charge in [0.2, 0.25) is 9.84 Å². The number of amides is 1. The van der Waals surface area contributed by atoms with Crippen LogP contribution in [-0.4, -0.2) is 32.8 Å². The summed E-state index contributed by atoms with van der Waals surface area (Å²) in [6.07, 6.45) is -1.13. The standard InChI is InChI=1S/C15H14ClNO5S/c16-11-1-5-13(6-2-11)23(20,21)14-7-3-12(4-8-14)22-10-9-17-15(18)19/h1-8,17H,9-10H2,(H,18,19). The molecule has 0 bridgehead atoms. The van der Waals surface area contributed by atoms with Crippen LogP contribution in [0.1, 0.15) is 0 Å². The summed E-state index contributed by atoms with van der Waals surface area (Å²) in [6.45, 7) is 0.287. The molecule has 122 valence electrons. The molecule has 0 heterocycles. The molecule has 0 aliphatic carbocycles. The molecule has 0 aromatic heterocycles. The zero-order chi connectivity index (χ0) is 16.9. The van der Waals surface area contributed by atoms with Gasteiger partial charge in [0.05, 0.1) is 16.3 Å². The van der Waals surface area contributed by atoms with Crippen LogP contribution in [0.2, 0.25) is 5.02 Å². The van der Waals surface area contributed by atoms with Crippen molar-refractivity contribution in [3.63, 3.8) is 0 Å². The van der Waals surface area contributed by atoms with Crippen molar-refractivity contribution >= 4 is 27.5 Å². The molecule has 8 heteroatoms. The first-order chi connectivity index (χ1) is 10.9. The fourth-order valence-corrected chi connectivity index (χ4v) is 3.18. The van der Waals surface area contributed by atoms with Gasteiger partial charge in [-0.2, -0.15) is 0 Å². The van der Waals surface area contributed by atoms with E-state index in [1.807, 2.05) is 0 Å². The molecule has 2 N–H and O–H groups in total. The molecule has 1 amide bonds. The van der Waals surface area contributed by atoms with Gasteiger partial charge >= 0.3 is 6.09 Å². The summed E-state index contributed by atoms with van der Waals surface area (Å²) in [7, 11) is -3.61. The van der Waals surface area contributed by atoms with E-state index in [0.29, 0.717) is 10.8 Å². The maximum atomic E-state index is 12.4. The highest BCUT2D eigenvalue weighted by molar-refractivity contribution is 7.91. The number of ether oxygens (including phenoxy) is 1. The Labute approximate surface area is 138 Å². The van der Waals surface area contributed by atoms with Crippen LogP contribution >= 0.6 is 11.6 Å². The van der Waals surface area contributed by atoms with Crippen LogP contribution in [0.15, 0.2) is 58.3 Å². The number of benzene rings is 2. The Bertz CT molecular complexity index is 773. The zero-order valence-corrected chi connectivity index (χ0v) is 13.5. The van der Waals surface area contributed by atoms with E-state index >= 15 is 0 Å². The third-order valence-corrected chi connectivity index (χ3v) is 4.94. The molecule has 0 atom stereocenters. The lowest BCUT2D eigenvalue weighted by Crippen LogP contribution is -2.26. The molecule has 0 aliphatic heterocycles. The lowest BCUT2D eigenvalue weighted by molar-refractivity contribution is 0.191. The molecule has 2 aromatic carbocycles. The second-order valence-corrected chi connectivity index (χ2v) is 6.90. The van der Waals surface area contributed by atoms with Crippen molar-refractivity contribution in [2.24, 2.45) is 0 Å². The monoisotopic (exact) mass is 355 g/mol. The quantitative estimate of drug-likeness (QED) is 0.777. The van der Waals surface area contributed by atoms with Crippen molar-refractivity contribution in [1.29, 1.82) is 0 Å². The van der Waals surface area contributed by atoms with Crippen LogP contribution < -0.4 is 10.1 Å². The van der Waals surface area contributed by atoms with E-state index in [1.165, 1.54) is 48.5 Å². The summed E-state index contributed by atoms with van der Waals surface area (Å²) >= 11 is 5.76. The Morgan fingerprint density at radius 2 is 1.57 bits per heavy atom. The number of nitrogens with one attached hydrogen (secondary N) is 1. The topological polar surface area (TPSA) is 92.7 Å². The number of hydrogen-bond donors (Lipinski definition) is 2. The predicted octanol–water partition coefficient (Wildman–Crippen LogP) is 2.82. The van der Waals surface area contributed by atoms with Gasteiger partial charge in [0.25, 0.3) is 0 Å². The summed E-state index contributed by atoms with van der Waals surface area (Å²) in [5.74, 6) is 0.451. The molecule has 0 aliphatic rings. The fraction of sp³-hybridized carbons (Fsp3) is 0.133. The van der Waals surface area contributed by atoms with Crippen LogP contribution in [0.3, 0.4) is 0 Å². The van der Waals surface area contributed by atoms with Gasteiger partial charge in [-0.25, -0.2) is 13.2 Å². The molecule has 0 saturated heterocycles. The molecule has 23 heavy (non-hydrogen) atoms. The Balaban J connectivity index is 2.06. The second kappa shape index (κ2) is 7.34. The Morgan fingerprint density at radius 1 is 1.04 bits per heavy atom. The highest BCUT2D eigenvalue weighted by Gasteiger charge is 2.17. The molecule has 0 spiro atoms. The van der Waals surface area contributed by atoms with Crippen molar-refractivity contribution < 1.29 is 23.1 Å². The summed E-state index contributed by atoms with van der Waals surface area (Å²) in [6, 6.07) is 11.8. The van der Waals surface area contributed by atoms with Crippen molar-refractivity contribution in [2.75, 3.05) is 13.2 Å². The van der Waals surface area contributed by atoms with Crippen LogP contribution in [0.4, 0.5) is 4.79 Å². The van der Waals surface area contributed by atoms with Crippen molar-refractivity contribution in [3.05, 3.63) is 53.6 Å². The van der Waals surface area contributed by atoms with E-state index < -0.39 is 15.9 Å². The van der Waals surface area contributed by atoms with Crippen molar-refractivity contribution in [1.82, 2.24) is 5.32 Å². The van der Waals surface area contributed by atoms with Crippen LogP contribution in [0.5, 0.6) is 5.75 Å². The first kappa shape index (κ1) is 17.1. The van der Waals surface area contributed by atoms with Crippen LogP contribution in [0, 0.1) is 0 Å². The van der Waals surface area contributed by atoms with Gasteiger partial charge in [0, 0.05) is 5.02 Å². The number of hydrogen-bond acceptors (Lipinski definition) is 4. The van der Waals surface area contributed by atoms with Crippen molar-refractivity contribution in [3.8, 4) is 5.75 Å². The minimum atomic E-state index is -3.61. The average Bonchev–Trinajstić information content (AvgIpc) is 2.52. The molecule has 0 unspecified atom stereocenters. The molecule has 6 nitrogen and oxygen atoms in total. The summed E-state index contributed by atoms with van der Waals surface area (Å²) < 4.78 is 30.2. The maximum Gasteiger partial charge on any atom is 0.404 e. The first-order valence-electron chi connectivity index (χ1n) is 6.60. The van der Waals surface area contributed by atoms with E-state index in [1.54, 1.807) is 0 Å². The molecular formula is C15H14ClNO5S. The second-order valence-electron chi connectivity index (χ2n) is 4.51. The Kier molecular flexibility index (Phi) is 5.46. The average molecular weight is 356 g/mol. The van der Waals surface area contributed by atoms with Crippen molar-refractivity contribution in [2.45, 2.75) is 9.79 Å². The van der Waals surface area contributed by atoms with E-state index in [4.69, 9.17) is 21.4 Å². The van der Waals surface area contributed by atoms with Gasteiger partial charge < -0.3 is 15.2 Å². The molecule has 0 saturated carbocycles. The SMILES string of the molecule is O=C(O)NCCOc1ccc(S(=O)(=O)c2ccc(Cl)cc2)cc1. The summed E-state index contributed by atoms with van der Waals surface area (Å²) in [5, 5.41) is 11.0. The van der Waals surface area contributed by atoms with E-state index in [2.05, 4.69) is 5.32 Å². The van der Waals surface area contributed by atoms with Gasteiger partial charge in [-0.05, 0) is 48.5 Å². The number of halogens is 1. The minimum absolute atomic E-state index is 0.135. The first-order valence-corrected chi connectivity index (χ1v) is 8.46. The number of sulfone groups is 1. The van der Waals surface area contributed by atoms with Gasteiger partial charge in [0.15, 0.2) is 0 Å². The molecule has 2 aromatic rings. The maximum absolute atomic E-state index is 12.4. The largest absolute Gasteiger partial charge is 0.492 e. The number of carbonyl (C=O) groups is 1. The van der Waals surface area contributed by atoms with Gasteiger partial charge in [-0.1, -0.05) is 11.6 Å². The van der Waals surface area contributed by atoms with Gasteiger partial charge in [0.1, 0.15) is 12.4 Å². The lowest BCUT2D eigenvalue weighted by Gasteiger charge is -2.08. The van der Waals surface area contributed by atoms with Gasteiger partial charge in [-0.3, -0.25) is 0 Å².